The second-order valence-electron chi connectivity index (χ2n) is 3.53. The molecule has 0 spiro atoms. The van der Waals surface area contributed by atoms with Crippen LogP contribution < -0.4 is 10.9 Å². The maximum Gasteiger partial charge on any atom is 0.165 e. The van der Waals surface area contributed by atoms with Crippen LogP contribution >= 0.6 is 0 Å². The van der Waals surface area contributed by atoms with Crippen LogP contribution in [0.3, 0.4) is 0 Å². The van der Waals surface area contributed by atoms with E-state index in [1.54, 1.807) is 31.0 Å². The molecule has 0 bridgehead atoms. The number of pyridine rings is 1. The summed E-state index contributed by atoms with van der Waals surface area (Å²) < 4.78 is 0. The van der Waals surface area contributed by atoms with Gasteiger partial charge in [0, 0.05) is 30.4 Å². The lowest BCUT2D eigenvalue weighted by molar-refractivity contribution is 0.573. The molecule has 6 nitrogen and oxygen atoms in total. The second-order valence-corrected chi connectivity index (χ2v) is 3.53. The van der Waals surface area contributed by atoms with Gasteiger partial charge in [-0.05, 0) is 6.07 Å². The zero-order chi connectivity index (χ0) is 11.5. The molecule has 17 heavy (non-hydrogen) atoms. The number of rotatable bonds is 2. The van der Waals surface area contributed by atoms with Gasteiger partial charge < -0.3 is 5.43 Å². The molecule has 0 saturated heterocycles. The van der Waals surface area contributed by atoms with Crippen LogP contribution in [0.1, 0.15) is 17.4 Å². The topological polar surface area (TPSA) is 75.1 Å². The SMILES string of the molecule is c1cncc(C2N=C(c3cnccn3)NN2)c1. The molecule has 0 aliphatic carbocycles. The van der Waals surface area contributed by atoms with Gasteiger partial charge >= 0.3 is 0 Å². The maximum atomic E-state index is 4.48. The molecule has 0 aromatic carbocycles. The molecular weight excluding hydrogens is 216 g/mol. The number of amidine groups is 1. The van der Waals surface area contributed by atoms with Crippen LogP contribution in [0.25, 0.3) is 0 Å². The van der Waals surface area contributed by atoms with Crippen molar-refractivity contribution in [3.05, 3.63) is 54.4 Å². The third kappa shape index (κ3) is 1.98. The summed E-state index contributed by atoms with van der Waals surface area (Å²) in [7, 11) is 0. The Kier molecular flexibility index (Phi) is 2.47. The molecule has 3 heterocycles. The molecule has 0 saturated carbocycles. The molecule has 0 radical (unpaired) electrons. The number of hydrogen-bond donors (Lipinski definition) is 2. The van der Waals surface area contributed by atoms with Crippen LogP contribution in [-0.4, -0.2) is 20.8 Å². The number of hydrazine groups is 1. The van der Waals surface area contributed by atoms with Gasteiger partial charge in [0.2, 0.25) is 0 Å². The van der Waals surface area contributed by atoms with Crippen LogP contribution in [0, 0.1) is 0 Å². The van der Waals surface area contributed by atoms with Crippen molar-refractivity contribution in [2.75, 3.05) is 0 Å². The Balaban J connectivity index is 1.87. The van der Waals surface area contributed by atoms with Crippen LogP contribution in [0.5, 0.6) is 0 Å². The highest BCUT2D eigenvalue weighted by atomic mass is 15.5. The Morgan fingerprint density at radius 2 is 2.00 bits per heavy atom. The van der Waals surface area contributed by atoms with E-state index < -0.39 is 0 Å². The number of hydrogen-bond acceptors (Lipinski definition) is 6. The summed E-state index contributed by atoms with van der Waals surface area (Å²) in [6, 6.07) is 3.85. The quantitative estimate of drug-likeness (QED) is 0.776. The van der Waals surface area contributed by atoms with E-state index in [1.807, 2.05) is 12.1 Å². The summed E-state index contributed by atoms with van der Waals surface area (Å²) >= 11 is 0. The van der Waals surface area contributed by atoms with Gasteiger partial charge in [-0.15, -0.1) is 0 Å². The normalized spacial score (nSPS) is 18.6. The average molecular weight is 226 g/mol. The molecule has 0 amide bonds. The number of aliphatic imine (C=N–C) groups is 1. The van der Waals surface area contributed by atoms with Gasteiger partial charge in [0.1, 0.15) is 11.9 Å². The molecule has 2 N–H and O–H groups in total. The molecule has 3 rings (SSSR count). The van der Waals surface area contributed by atoms with Crippen LogP contribution in [0.15, 0.2) is 48.1 Å². The minimum Gasteiger partial charge on any atom is -0.302 e. The fourth-order valence-electron chi connectivity index (χ4n) is 1.58. The summed E-state index contributed by atoms with van der Waals surface area (Å²) in [5.74, 6) is 0.687. The number of nitrogens with one attached hydrogen (secondary N) is 2. The van der Waals surface area contributed by atoms with Gasteiger partial charge in [0.25, 0.3) is 0 Å². The second kappa shape index (κ2) is 4.26. The van der Waals surface area contributed by atoms with E-state index in [4.69, 9.17) is 0 Å². The summed E-state index contributed by atoms with van der Waals surface area (Å²) in [6.45, 7) is 0. The highest BCUT2D eigenvalue weighted by Crippen LogP contribution is 2.16. The van der Waals surface area contributed by atoms with Gasteiger partial charge in [0.15, 0.2) is 5.84 Å². The van der Waals surface area contributed by atoms with Crippen LogP contribution in [0.4, 0.5) is 0 Å². The minimum atomic E-state index is -0.138. The van der Waals surface area contributed by atoms with E-state index >= 15 is 0 Å². The summed E-state index contributed by atoms with van der Waals surface area (Å²) in [4.78, 5) is 16.7. The molecule has 1 unspecified atom stereocenters. The number of nitrogens with zero attached hydrogens (tertiary/aromatic N) is 4. The van der Waals surface area contributed by atoms with Gasteiger partial charge in [-0.25, -0.2) is 15.4 Å². The molecule has 2 aromatic rings. The Bertz CT molecular complexity index is 524. The Morgan fingerprint density at radius 3 is 2.76 bits per heavy atom. The maximum absolute atomic E-state index is 4.48. The summed E-state index contributed by atoms with van der Waals surface area (Å²) in [5, 5.41) is 0. The van der Waals surface area contributed by atoms with E-state index in [0.717, 1.165) is 5.56 Å². The van der Waals surface area contributed by atoms with E-state index in [2.05, 4.69) is 30.8 Å². The van der Waals surface area contributed by atoms with Gasteiger partial charge in [-0.1, -0.05) is 6.07 Å². The monoisotopic (exact) mass is 226 g/mol. The standard InChI is InChI=1S/C11H10N6/c1-2-8(6-12-3-1)10-15-11(17-16-10)9-7-13-4-5-14-9/h1-7,10,16H,(H,15,17). The van der Waals surface area contributed by atoms with Gasteiger partial charge in [-0.3, -0.25) is 9.97 Å². The molecule has 1 atom stereocenters. The van der Waals surface area contributed by atoms with Crippen molar-refractivity contribution in [2.24, 2.45) is 4.99 Å². The number of aromatic nitrogens is 3. The first-order valence-corrected chi connectivity index (χ1v) is 5.19. The van der Waals surface area contributed by atoms with E-state index in [-0.39, 0.29) is 6.17 Å². The summed E-state index contributed by atoms with van der Waals surface area (Å²) in [5.41, 5.74) is 7.76. The fraction of sp³-hybridized carbons (Fsp3) is 0.0909. The first-order valence-electron chi connectivity index (χ1n) is 5.19. The van der Waals surface area contributed by atoms with E-state index in [9.17, 15) is 0 Å². The zero-order valence-electron chi connectivity index (χ0n) is 8.91. The van der Waals surface area contributed by atoms with Gasteiger partial charge in [-0.2, -0.15) is 0 Å². The lowest BCUT2D eigenvalue weighted by atomic mass is 10.2. The molecule has 1 aliphatic heterocycles. The highest BCUT2D eigenvalue weighted by Gasteiger charge is 2.19. The fourth-order valence-corrected chi connectivity index (χ4v) is 1.58. The molecule has 6 heteroatoms. The summed E-state index contributed by atoms with van der Waals surface area (Å²) in [6.07, 6.45) is 8.31. The van der Waals surface area contributed by atoms with E-state index in [0.29, 0.717) is 11.5 Å². The van der Waals surface area contributed by atoms with Gasteiger partial charge in [0.05, 0.1) is 6.20 Å². The van der Waals surface area contributed by atoms with Crippen molar-refractivity contribution < 1.29 is 0 Å². The average Bonchev–Trinajstić information content (AvgIpc) is 2.90. The molecule has 0 fully saturated rings. The lowest BCUT2D eigenvalue weighted by Gasteiger charge is -2.05. The van der Waals surface area contributed by atoms with E-state index in [1.165, 1.54) is 0 Å². The van der Waals surface area contributed by atoms with Crippen molar-refractivity contribution in [1.29, 1.82) is 0 Å². The lowest BCUT2D eigenvalue weighted by Crippen LogP contribution is -2.32. The Labute approximate surface area is 97.8 Å². The third-order valence-corrected chi connectivity index (χ3v) is 2.39. The smallest absolute Gasteiger partial charge is 0.165 e. The van der Waals surface area contributed by atoms with Crippen molar-refractivity contribution in [3.8, 4) is 0 Å². The molecule has 1 aliphatic rings. The zero-order valence-corrected chi connectivity index (χ0v) is 8.91. The Morgan fingerprint density at radius 1 is 1.06 bits per heavy atom. The van der Waals surface area contributed by atoms with Crippen LogP contribution in [-0.2, 0) is 0 Å². The van der Waals surface area contributed by atoms with Crippen molar-refractivity contribution in [2.45, 2.75) is 6.17 Å². The minimum absolute atomic E-state index is 0.138. The van der Waals surface area contributed by atoms with Crippen LogP contribution in [0.2, 0.25) is 0 Å². The first kappa shape index (κ1) is 9.86. The Hall–Kier alpha value is -2.34. The predicted octanol–water partition coefficient (Wildman–Crippen LogP) is 0.425. The third-order valence-electron chi connectivity index (χ3n) is 2.39. The van der Waals surface area contributed by atoms with Crippen molar-refractivity contribution >= 4 is 5.84 Å². The molecular formula is C11H10N6. The predicted molar refractivity (Wildman–Crippen MR) is 61.8 cm³/mol. The highest BCUT2D eigenvalue weighted by molar-refractivity contribution is 5.97. The van der Waals surface area contributed by atoms with Crippen molar-refractivity contribution in [1.82, 2.24) is 25.8 Å². The largest absolute Gasteiger partial charge is 0.302 e. The molecule has 84 valence electrons. The first-order chi connectivity index (χ1) is 8.43. The van der Waals surface area contributed by atoms with Crippen molar-refractivity contribution in [3.63, 3.8) is 0 Å². The molecule has 2 aromatic heterocycles.